The maximum atomic E-state index is 11.7. The van der Waals surface area contributed by atoms with Crippen molar-refractivity contribution in [2.75, 3.05) is 0 Å². The quantitative estimate of drug-likeness (QED) is 0.109. The zero-order valence-electron chi connectivity index (χ0n) is 17.6. The highest BCUT2D eigenvalue weighted by molar-refractivity contribution is 14.2. The Kier molecular flexibility index (Phi) is 9.79. The molecule has 0 bridgehead atoms. The molecule has 35 heavy (non-hydrogen) atoms. The van der Waals surface area contributed by atoms with Gasteiger partial charge in [0, 0.05) is 52.1 Å². The molecule has 1 saturated heterocycles. The SMILES string of the molecule is O=C(O)[C@H]1OC(Oc2ccc(Oc3ccc(C[C@@](I)(C(=O)O)N(I)I)cc3)cc2)[C@H](O)[C@@H](O)[C@@H]1O. The van der Waals surface area contributed by atoms with Gasteiger partial charge < -0.3 is 39.7 Å². The van der Waals surface area contributed by atoms with E-state index in [1.165, 1.54) is 12.1 Å². The molecule has 0 aliphatic carbocycles. The molecule has 2 aromatic carbocycles. The van der Waals surface area contributed by atoms with Crippen molar-refractivity contribution < 1.29 is 49.3 Å². The third kappa shape index (κ3) is 6.84. The smallest absolute Gasteiger partial charge is 0.336 e. The zero-order valence-corrected chi connectivity index (χ0v) is 24.0. The van der Waals surface area contributed by atoms with Crippen LogP contribution in [0, 0.1) is 0 Å². The Balaban J connectivity index is 1.62. The number of hydrogen-bond donors (Lipinski definition) is 5. The van der Waals surface area contributed by atoms with E-state index < -0.39 is 46.2 Å². The Morgan fingerprint density at radius 3 is 1.89 bits per heavy atom. The van der Waals surface area contributed by atoms with Crippen LogP contribution in [0.5, 0.6) is 17.2 Å². The monoisotopic (exact) mass is 827 g/mol. The second-order valence-corrected chi connectivity index (χ2v) is 13.1. The molecule has 6 atom stereocenters. The molecular weight excluding hydrogens is 807 g/mol. The molecule has 190 valence electrons. The molecule has 1 unspecified atom stereocenters. The number of alkyl halides is 1. The fourth-order valence-electron chi connectivity index (χ4n) is 3.16. The molecule has 0 radical (unpaired) electrons. The van der Waals surface area contributed by atoms with E-state index in [9.17, 15) is 30.0 Å². The van der Waals surface area contributed by atoms with Gasteiger partial charge in [0.2, 0.25) is 6.29 Å². The Morgan fingerprint density at radius 1 is 0.886 bits per heavy atom. The number of hydrogen-bond acceptors (Lipinski definition) is 9. The summed E-state index contributed by atoms with van der Waals surface area (Å²) >= 11 is 5.78. The normalized spacial score (nSPS) is 26.1. The predicted molar refractivity (Wildman–Crippen MR) is 146 cm³/mol. The predicted octanol–water partition coefficient (Wildman–Crippen LogP) is 2.51. The van der Waals surface area contributed by atoms with E-state index in [-0.39, 0.29) is 12.2 Å². The van der Waals surface area contributed by atoms with Crippen molar-refractivity contribution in [2.24, 2.45) is 0 Å². The summed E-state index contributed by atoms with van der Waals surface area (Å²) in [5.41, 5.74) is 0.814. The van der Waals surface area contributed by atoms with Gasteiger partial charge in [0.25, 0.3) is 0 Å². The molecule has 1 heterocycles. The summed E-state index contributed by atoms with van der Waals surface area (Å²) in [5, 5.41) is 48.3. The molecule has 1 fully saturated rings. The number of halogens is 3. The number of aliphatic carboxylic acids is 2. The van der Waals surface area contributed by atoms with E-state index in [4.69, 9.17) is 19.3 Å². The van der Waals surface area contributed by atoms with Crippen molar-refractivity contribution in [1.82, 2.24) is 1.33 Å². The van der Waals surface area contributed by atoms with Crippen LogP contribution in [0.2, 0.25) is 0 Å². The molecule has 0 saturated carbocycles. The fraction of sp³-hybridized carbons (Fsp3) is 0.333. The van der Waals surface area contributed by atoms with Crippen molar-refractivity contribution in [3.05, 3.63) is 54.1 Å². The fourth-order valence-corrected chi connectivity index (χ4v) is 4.35. The van der Waals surface area contributed by atoms with Crippen molar-refractivity contribution in [3.8, 4) is 17.2 Å². The van der Waals surface area contributed by atoms with Crippen molar-refractivity contribution in [2.45, 2.75) is 40.7 Å². The molecule has 0 aromatic heterocycles. The minimum Gasteiger partial charge on any atom is -0.479 e. The summed E-state index contributed by atoms with van der Waals surface area (Å²) in [6.45, 7) is 0. The van der Waals surface area contributed by atoms with E-state index in [2.05, 4.69) is 0 Å². The van der Waals surface area contributed by atoms with Crippen LogP contribution in [0.4, 0.5) is 0 Å². The Labute approximate surface area is 241 Å². The number of carboxylic acid groups (broad SMARTS) is 2. The number of carbonyl (C=O) groups is 2. The maximum Gasteiger partial charge on any atom is 0.336 e. The van der Waals surface area contributed by atoms with Gasteiger partial charge in [-0.05, 0) is 64.6 Å². The first-order chi connectivity index (χ1) is 16.4. The minimum absolute atomic E-state index is 0.207. The number of rotatable bonds is 9. The van der Waals surface area contributed by atoms with Gasteiger partial charge in [-0.25, -0.2) is 9.59 Å². The van der Waals surface area contributed by atoms with E-state index in [1.807, 2.05) is 68.3 Å². The van der Waals surface area contributed by atoms with Gasteiger partial charge in [-0.3, -0.25) is 0 Å². The molecule has 3 rings (SSSR count). The first kappa shape index (κ1) is 28.5. The van der Waals surface area contributed by atoms with Crippen LogP contribution in [0.25, 0.3) is 0 Å². The second kappa shape index (κ2) is 12.0. The summed E-state index contributed by atoms with van der Waals surface area (Å²) in [5.74, 6) is -1.27. The Hall–Kier alpha value is -1.03. The number of ether oxygens (including phenoxy) is 3. The lowest BCUT2D eigenvalue weighted by Gasteiger charge is -2.38. The molecule has 0 amide bonds. The lowest BCUT2D eigenvalue weighted by Crippen LogP contribution is -2.61. The zero-order chi connectivity index (χ0) is 25.9. The molecular formula is C21H20I3NO10. The average molecular weight is 827 g/mol. The third-order valence-electron chi connectivity index (χ3n) is 5.08. The van der Waals surface area contributed by atoms with E-state index in [1.54, 1.807) is 37.7 Å². The van der Waals surface area contributed by atoms with Crippen molar-refractivity contribution in [1.29, 1.82) is 0 Å². The van der Waals surface area contributed by atoms with Gasteiger partial charge in [0.05, 0.1) is 0 Å². The minimum atomic E-state index is -1.80. The van der Waals surface area contributed by atoms with Crippen LogP contribution in [0.1, 0.15) is 5.56 Å². The first-order valence-corrected chi connectivity index (χ1v) is 12.9. The van der Waals surface area contributed by atoms with Crippen molar-refractivity contribution >= 4 is 80.3 Å². The van der Waals surface area contributed by atoms with Gasteiger partial charge in [-0.15, -0.1) is 0 Å². The highest BCUT2D eigenvalue weighted by atomic mass is 127. The molecule has 1 aliphatic heterocycles. The maximum absolute atomic E-state index is 11.7. The first-order valence-electron chi connectivity index (χ1n) is 9.92. The number of carboxylic acids is 2. The van der Waals surface area contributed by atoms with Gasteiger partial charge in [-0.1, -0.05) is 12.1 Å². The largest absolute Gasteiger partial charge is 0.479 e. The van der Waals surface area contributed by atoms with Crippen LogP contribution in [-0.2, 0) is 20.7 Å². The van der Waals surface area contributed by atoms with Crippen LogP contribution < -0.4 is 9.47 Å². The van der Waals surface area contributed by atoms with Gasteiger partial charge in [-0.2, -0.15) is 1.33 Å². The molecule has 0 spiro atoms. The summed E-state index contributed by atoms with van der Waals surface area (Å²) in [6, 6.07) is 13.1. The van der Waals surface area contributed by atoms with Crippen molar-refractivity contribution in [3.63, 3.8) is 0 Å². The summed E-state index contributed by atoms with van der Waals surface area (Å²) in [6.07, 6.45) is -8.21. The van der Waals surface area contributed by atoms with Gasteiger partial charge in [0.15, 0.2) is 9.65 Å². The molecule has 5 N–H and O–H groups in total. The van der Waals surface area contributed by atoms with Crippen LogP contribution in [0.15, 0.2) is 48.5 Å². The number of aliphatic hydroxyl groups excluding tert-OH is 3. The number of aliphatic hydroxyl groups is 3. The summed E-state index contributed by atoms with van der Waals surface area (Å²) in [4.78, 5) is 22.9. The average Bonchev–Trinajstić information content (AvgIpc) is 2.81. The van der Waals surface area contributed by atoms with Crippen LogP contribution >= 0.6 is 68.3 Å². The third-order valence-corrected chi connectivity index (χ3v) is 9.90. The number of nitrogens with zero attached hydrogens (tertiary/aromatic N) is 1. The van der Waals surface area contributed by atoms with E-state index in [0.29, 0.717) is 11.5 Å². The molecule has 14 heteroatoms. The highest BCUT2D eigenvalue weighted by Gasteiger charge is 2.48. The lowest BCUT2D eigenvalue weighted by atomic mass is 9.99. The van der Waals surface area contributed by atoms with Gasteiger partial charge >= 0.3 is 11.9 Å². The molecule has 2 aromatic rings. The second-order valence-electron chi connectivity index (χ2n) is 7.54. The highest BCUT2D eigenvalue weighted by Crippen LogP contribution is 2.36. The van der Waals surface area contributed by atoms with E-state index in [0.717, 1.165) is 5.56 Å². The lowest BCUT2D eigenvalue weighted by molar-refractivity contribution is -0.271. The molecule has 11 nitrogen and oxygen atoms in total. The van der Waals surface area contributed by atoms with E-state index >= 15 is 0 Å². The number of benzene rings is 2. The molecule has 1 aliphatic rings. The summed E-state index contributed by atoms with van der Waals surface area (Å²) in [7, 11) is 0. The summed E-state index contributed by atoms with van der Waals surface area (Å²) < 4.78 is 16.8. The van der Waals surface area contributed by atoms with Gasteiger partial charge in [0.1, 0.15) is 35.6 Å². The van der Waals surface area contributed by atoms with Crippen LogP contribution in [0.3, 0.4) is 0 Å². The Morgan fingerprint density at radius 2 is 1.40 bits per heavy atom. The van der Waals surface area contributed by atoms with Crippen LogP contribution in [-0.4, -0.2) is 73.0 Å². The topological polar surface area (TPSA) is 166 Å². The Bertz CT molecular complexity index is 1040. The standard InChI is InChI=1S/C21H20I3NO10/c22-21(20(31)32,25(23)24)9-10-1-3-11(4-2-10)33-12-5-7-13(8-6-12)34-19-16(28)14(26)15(27)17(35-19)18(29)30/h1-8,14-17,19,26-28H,9H2,(H,29,30)(H,31,32)/t14-,15-,16+,17-,19?,21-/m0/s1.